The van der Waals surface area contributed by atoms with Crippen LogP contribution in [0.2, 0.25) is 0 Å². The first-order valence-electron chi connectivity index (χ1n) is 17.4. The molecule has 9 nitrogen and oxygen atoms in total. The molecule has 5 aromatic rings. The van der Waals surface area contributed by atoms with Crippen molar-refractivity contribution >= 4 is 18.2 Å². The Hall–Kier alpha value is -6.97. The number of esters is 2. The molecule has 9 heteroatoms. The fourth-order valence-electron chi connectivity index (χ4n) is 7.49. The average molecular weight is 711 g/mol. The van der Waals surface area contributed by atoms with Crippen LogP contribution in [0.25, 0.3) is 34.0 Å². The fraction of sp³-hybridized carbons (Fsp3) is 0.178. The number of allylic oxidation sites excluding steroid dienone is 1. The zero-order valence-corrected chi connectivity index (χ0v) is 30.3. The van der Waals surface area contributed by atoms with E-state index in [0.29, 0.717) is 17.3 Å². The Kier molecular flexibility index (Phi) is 8.36. The molecule has 0 radical (unpaired) electrons. The summed E-state index contributed by atoms with van der Waals surface area (Å²) in [5.74, 6) is 11.8. The minimum absolute atomic E-state index is 0.0383. The zero-order chi connectivity index (χ0) is 37.6. The van der Waals surface area contributed by atoms with E-state index in [1.807, 2.05) is 91.0 Å². The second-order valence-corrected chi connectivity index (χ2v) is 14.1. The fourth-order valence-corrected chi connectivity index (χ4v) is 7.49. The molecule has 54 heavy (non-hydrogen) atoms. The van der Waals surface area contributed by atoms with Crippen LogP contribution in [0, 0.1) is 23.7 Å². The van der Waals surface area contributed by atoms with Crippen LogP contribution in [0.15, 0.2) is 124 Å². The van der Waals surface area contributed by atoms with E-state index in [9.17, 15) is 9.59 Å². The molecule has 0 saturated carbocycles. The smallest absolute Gasteiger partial charge is 0.356 e. The van der Waals surface area contributed by atoms with Crippen molar-refractivity contribution in [3.8, 4) is 57.7 Å². The molecule has 2 unspecified atom stereocenters. The van der Waals surface area contributed by atoms with Crippen LogP contribution in [-0.2, 0) is 29.9 Å². The number of carbonyl (C=O) groups excluding carboxylic acids is 2. The zero-order valence-electron chi connectivity index (χ0n) is 30.3. The predicted molar refractivity (Wildman–Crippen MR) is 205 cm³/mol. The summed E-state index contributed by atoms with van der Waals surface area (Å²) in [4.78, 5) is 27.1. The monoisotopic (exact) mass is 710 g/mol. The van der Waals surface area contributed by atoms with Crippen molar-refractivity contribution in [1.29, 1.82) is 0 Å². The number of hydrogen-bond acceptors (Lipinski definition) is 9. The van der Waals surface area contributed by atoms with Gasteiger partial charge in [-0.3, -0.25) is 0 Å². The van der Waals surface area contributed by atoms with Gasteiger partial charge < -0.3 is 13.9 Å². The van der Waals surface area contributed by atoms with Crippen LogP contribution >= 0.6 is 0 Å². The van der Waals surface area contributed by atoms with Crippen LogP contribution in [0.4, 0.5) is 0 Å². The van der Waals surface area contributed by atoms with E-state index in [-0.39, 0.29) is 16.7 Å². The van der Waals surface area contributed by atoms with E-state index in [0.717, 1.165) is 38.9 Å². The van der Waals surface area contributed by atoms with Gasteiger partial charge in [0, 0.05) is 28.5 Å². The average Bonchev–Trinajstić information content (AvgIpc) is 3.89. The van der Waals surface area contributed by atoms with Gasteiger partial charge >= 0.3 is 11.9 Å². The Morgan fingerprint density at radius 3 is 2.04 bits per heavy atom. The van der Waals surface area contributed by atoms with Crippen LogP contribution in [0.1, 0.15) is 48.6 Å². The highest BCUT2D eigenvalue weighted by molar-refractivity contribution is 6.07. The van der Waals surface area contributed by atoms with Crippen molar-refractivity contribution in [2.24, 2.45) is 5.10 Å². The predicted octanol–water partition coefficient (Wildman–Crippen LogP) is 7.21. The number of ether oxygens (including phenoxy) is 2. The molecule has 2 aliphatic heterocycles. The summed E-state index contributed by atoms with van der Waals surface area (Å²) in [5.41, 5.74) is 7.00. The lowest BCUT2D eigenvalue weighted by Crippen LogP contribution is -2.44. The van der Waals surface area contributed by atoms with Gasteiger partial charge in [-0.25, -0.2) is 14.6 Å². The summed E-state index contributed by atoms with van der Waals surface area (Å²) < 4.78 is 16.5. The number of hydrogen-bond donors (Lipinski definition) is 0. The summed E-state index contributed by atoms with van der Waals surface area (Å²) in [5, 5.41) is 14.6. The molecule has 1 aromatic heterocycles. The summed E-state index contributed by atoms with van der Waals surface area (Å²) in [6.45, 7) is 6.53. The number of methoxy groups -OCH3 is 2. The molecule has 0 N–H and O–H groups in total. The molecule has 0 saturated heterocycles. The van der Waals surface area contributed by atoms with E-state index < -0.39 is 23.4 Å². The van der Waals surface area contributed by atoms with Crippen molar-refractivity contribution in [1.82, 2.24) is 15.2 Å². The van der Waals surface area contributed by atoms with Gasteiger partial charge in [0.25, 0.3) is 0 Å². The lowest BCUT2D eigenvalue weighted by molar-refractivity contribution is -0.140. The first-order valence-corrected chi connectivity index (χ1v) is 17.4. The van der Waals surface area contributed by atoms with Crippen LogP contribution in [-0.4, -0.2) is 53.6 Å². The molecule has 0 bridgehead atoms. The Morgan fingerprint density at radius 1 is 0.759 bits per heavy atom. The highest BCUT2D eigenvalue weighted by Crippen LogP contribution is 2.60. The Bertz CT molecular complexity index is 2570. The molecule has 1 aliphatic carbocycles. The molecular weight excluding hydrogens is 677 g/mol. The SMILES string of the molecule is COC(=O)C1=C(C(=O)OC)C2(c3ccccc3-c3ccc(C#CC#Cc4ccc(-c5nnc(-c6ccc(C(C)(C)C)cc6)o5)cc4)cc32)C2C=CC=NN12. The van der Waals surface area contributed by atoms with E-state index in [1.165, 1.54) is 19.8 Å². The van der Waals surface area contributed by atoms with Crippen LogP contribution in [0.3, 0.4) is 0 Å². The summed E-state index contributed by atoms with van der Waals surface area (Å²) in [6.07, 6.45) is 5.34. The van der Waals surface area contributed by atoms with Gasteiger partial charge in [0.2, 0.25) is 11.8 Å². The maximum absolute atomic E-state index is 13.8. The summed E-state index contributed by atoms with van der Waals surface area (Å²) in [7, 11) is 2.59. The molecule has 3 aliphatic rings. The van der Waals surface area contributed by atoms with Gasteiger partial charge in [0.1, 0.15) is 0 Å². The third-order valence-electron chi connectivity index (χ3n) is 10.0. The minimum Gasteiger partial charge on any atom is -0.466 e. The molecule has 1 spiro atoms. The Balaban J connectivity index is 1.09. The quantitative estimate of drug-likeness (QED) is 0.142. The third-order valence-corrected chi connectivity index (χ3v) is 10.0. The Labute approximate surface area is 313 Å². The first kappa shape index (κ1) is 34.1. The van der Waals surface area contributed by atoms with E-state index in [4.69, 9.17) is 13.9 Å². The van der Waals surface area contributed by atoms with Crippen molar-refractivity contribution in [3.63, 3.8) is 0 Å². The number of fused-ring (bicyclic) bond motifs is 7. The summed E-state index contributed by atoms with van der Waals surface area (Å²) in [6, 6.07) is 28.9. The molecule has 0 fully saturated rings. The van der Waals surface area contributed by atoms with Crippen LogP contribution in [0.5, 0.6) is 0 Å². The second-order valence-electron chi connectivity index (χ2n) is 14.1. The van der Waals surface area contributed by atoms with Gasteiger partial charge in [-0.15, -0.1) is 10.2 Å². The van der Waals surface area contributed by atoms with E-state index >= 15 is 0 Å². The normalized spacial score (nSPS) is 17.6. The second kappa shape index (κ2) is 13.2. The number of rotatable bonds is 4. The Morgan fingerprint density at radius 2 is 1.37 bits per heavy atom. The largest absolute Gasteiger partial charge is 0.466 e. The number of nitrogens with zero attached hydrogens (tertiary/aromatic N) is 4. The number of aromatic nitrogens is 2. The number of hydrazone groups is 1. The van der Waals surface area contributed by atoms with Gasteiger partial charge in [-0.05, 0) is 99.7 Å². The van der Waals surface area contributed by atoms with Crippen molar-refractivity contribution in [2.75, 3.05) is 14.2 Å². The van der Waals surface area contributed by atoms with Crippen molar-refractivity contribution in [3.05, 3.63) is 142 Å². The molecule has 3 heterocycles. The minimum atomic E-state index is -1.13. The lowest BCUT2D eigenvalue weighted by atomic mass is 9.68. The molecule has 2 atom stereocenters. The lowest BCUT2D eigenvalue weighted by Gasteiger charge is -2.36. The molecule has 0 amide bonds. The highest BCUT2D eigenvalue weighted by atomic mass is 16.5. The van der Waals surface area contributed by atoms with Gasteiger partial charge in [-0.1, -0.05) is 81.2 Å². The molecule has 8 rings (SSSR count). The van der Waals surface area contributed by atoms with E-state index in [1.54, 1.807) is 11.2 Å². The maximum Gasteiger partial charge on any atom is 0.356 e. The first-order chi connectivity index (χ1) is 26.1. The number of benzene rings is 4. The van der Waals surface area contributed by atoms with Crippen LogP contribution < -0.4 is 0 Å². The van der Waals surface area contributed by atoms with Crippen molar-refractivity contribution < 1.29 is 23.5 Å². The molecule has 4 aromatic carbocycles. The van der Waals surface area contributed by atoms with Gasteiger partial charge in [0.05, 0.1) is 31.2 Å². The summed E-state index contributed by atoms with van der Waals surface area (Å²) >= 11 is 0. The van der Waals surface area contributed by atoms with Crippen molar-refractivity contribution in [2.45, 2.75) is 37.6 Å². The van der Waals surface area contributed by atoms with E-state index in [2.05, 4.69) is 71.9 Å². The number of carbonyl (C=O) groups is 2. The standard InChI is InChI=1S/C45H34N4O5/c1-44(2,3)32-23-21-31(22-24-32)41-48-47-40(54-41)30-19-16-28(17-20-30)11-6-7-12-29-18-25-34-33-13-8-9-14-35(33)45(36(34)27-29)37-15-10-26-46-49(37)39(43(51)53-5)38(45)42(50)52-4/h8-10,13-27,37H,1-5H3. The van der Waals surface area contributed by atoms with Gasteiger partial charge in [0.15, 0.2) is 5.70 Å². The topological polar surface area (TPSA) is 107 Å². The molecular formula is C45H34N4O5. The maximum atomic E-state index is 13.8. The highest BCUT2D eigenvalue weighted by Gasteiger charge is 2.62. The molecule has 264 valence electrons. The van der Waals surface area contributed by atoms with Gasteiger partial charge in [-0.2, -0.15) is 5.10 Å². The third kappa shape index (κ3) is 5.50.